The molecule has 7 nitrogen and oxygen atoms in total. The average molecular weight is 312 g/mol. The van der Waals surface area contributed by atoms with E-state index >= 15 is 0 Å². The molecule has 0 heterocycles. The second-order valence-electron chi connectivity index (χ2n) is 5.87. The smallest absolute Gasteiger partial charge is 0.408 e. The van der Waals surface area contributed by atoms with Crippen molar-refractivity contribution in [2.45, 2.75) is 38.8 Å². The molecular weight excluding hydrogens is 295 g/mol. The lowest BCUT2D eigenvalue weighted by Gasteiger charge is -2.27. The first kappa shape index (κ1) is 17.5. The fourth-order valence-corrected chi connectivity index (χ4v) is 1.66. The third kappa shape index (κ3) is 4.24. The van der Waals surface area contributed by atoms with Gasteiger partial charge in [0.2, 0.25) is 5.82 Å². The van der Waals surface area contributed by atoms with E-state index in [1.807, 2.05) is 0 Å². The zero-order valence-corrected chi connectivity index (χ0v) is 12.7. The van der Waals surface area contributed by atoms with Crippen molar-refractivity contribution in [2.75, 3.05) is 0 Å². The Labute approximate surface area is 126 Å². The van der Waals surface area contributed by atoms with Gasteiger partial charge < -0.3 is 14.8 Å². The lowest BCUT2D eigenvalue weighted by atomic mass is 9.93. The normalized spacial score (nSPS) is 13.9. The molecule has 1 rings (SSSR count). The minimum absolute atomic E-state index is 0.0662. The van der Waals surface area contributed by atoms with Crippen LogP contribution in [0.25, 0.3) is 0 Å². The number of aldehydes is 1. The Morgan fingerprint density at radius 2 is 1.95 bits per heavy atom. The Kier molecular flexibility index (Phi) is 4.85. The molecule has 0 aliphatic carbocycles. The molecule has 0 spiro atoms. The molecule has 0 radical (unpaired) electrons. The lowest BCUT2D eigenvalue weighted by Crippen LogP contribution is -2.47. The van der Waals surface area contributed by atoms with Gasteiger partial charge in [0.25, 0.3) is 0 Å². The van der Waals surface area contributed by atoms with Crippen molar-refractivity contribution in [3.8, 4) is 0 Å². The van der Waals surface area contributed by atoms with Crippen molar-refractivity contribution >= 4 is 18.1 Å². The highest BCUT2D eigenvalue weighted by molar-refractivity contribution is 5.78. The maximum atomic E-state index is 13.7. The maximum Gasteiger partial charge on any atom is 0.408 e. The SMILES string of the molecule is CC(C)(C)OC(=O)NC(C)(C=O)c1ccc([N+](=O)[O-])c(F)c1. The van der Waals surface area contributed by atoms with Crippen molar-refractivity contribution in [3.05, 3.63) is 39.7 Å². The molecule has 0 aromatic heterocycles. The van der Waals surface area contributed by atoms with Crippen LogP contribution in [0.2, 0.25) is 0 Å². The first-order chi connectivity index (χ1) is 9.98. The topological polar surface area (TPSA) is 98.5 Å². The number of nitrogens with one attached hydrogen (secondary N) is 1. The van der Waals surface area contributed by atoms with Gasteiger partial charge in [0, 0.05) is 6.07 Å². The summed E-state index contributed by atoms with van der Waals surface area (Å²) in [6.07, 6.45) is -0.460. The zero-order valence-electron chi connectivity index (χ0n) is 12.7. The standard InChI is InChI=1S/C14H17FN2O5/c1-13(2,3)22-12(19)16-14(4,8-18)9-5-6-11(17(20)21)10(15)7-9/h5-8H,1-4H3,(H,16,19). The molecule has 1 N–H and O–H groups in total. The molecule has 120 valence electrons. The Hall–Kier alpha value is -2.51. The van der Waals surface area contributed by atoms with Crippen molar-refractivity contribution in [1.82, 2.24) is 5.32 Å². The number of hydrogen-bond donors (Lipinski definition) is 1. The molecule has 1 amide bonds. The fraction of sp³-hybridized carbons (Fsp3) is 0.429. The van der Waals surface area contributed by atoms with Gasteiger partial charge in [0.15, 0.2) is 0 Å². The van der Waals surface area contributed by atoms with Gasteiger partial charge in [0.05, 0.1) is 4.92 Å². The number of nitrogens with zero attached hydrogens (tertiary/aromatic N) is 1. The zero-order chi connectivity index (χ0) is 17.1. The first-order valence-electron chi connectivity index (χ1n) is 6.40. The molecule has 8 heteroatoms. The van der Waals surface area contributed by atoms with E-state index in [0.29, 0.717) is 6.29 Å². The third-order valence-electron chi connectivity index (χ3n) is 2.74. The summed E-state index contributed by atoms with van der Waals surface area (Å²) in [5.41, 5.74) is -2.99. The summed E-state index contributed by atoms with van der Waals surface area (Å²) in [7, 11) is 0. The van der Waals surface area contributed by atoms with Crippen LogP contribution in [0.15, 0.2) is 18.2 Å². The summed E-state index contributed by atoms with van der Waals surface area (Å²) in [4.78, 5) is 32.8. The van der Waals surface area contributed by atoms with Gasteiger partial charge >= 0.3 is 11.8 Å². The molecule has 0 saturated heterocycles. The van der Waals surface area contributed by atoms with Crippen LogP contribution in [-0.4, -0.2) is 22.9 Å². The van der Waals surface area contributed by atoms with Crippen LogP contribution < -0.4 is 5.32 Å². The minimum Gasteiger partial charge on any atom is -0.444 e. The van der Waals surface area contributed by atoms with E-state index in [9.17, 15) is 24.1 Å². The summed E-state index contributed by atoms with van der Waals surface area (Å²) in [6.45, 7) is 6.29. The predicted octanol–water partition coefficient (Wildman–Crippen LogP) is 2.67. The van der Waals surface area contributed by atoms with Crippen molar-refractivity contribution in [2.24, 2.45) is 0 Å². The van der Waals surface area contributed by atoms with E-state index in [4.69, 9.17) is 4.74 Å². The Morgan fingerprint density at radius 1 is 1.36 bits per heavy atom. The Bertz CT molecular complexity index is 612. The Balaban J connectivity index is 3.08. The van der Waals surface area contributed by atoms with Gasteiger partial charge in [-0.05, 0) is 45.4 Å². The van der Waals surface area contributed by atoms with Crippen molar-refractivity contribution in [3.63, 3.8) is 0 Å². The number of benzene rings is 1. The number of ether oxygens (including phenoxy) is 1. The summed E-state index contributed by atoms with van der Waals surface area (Å²) in [5.74, 6) is -1.10. The van der Waals surface area contributed by atoms with E-state index in [2.05, 4.69) is 5.32 Å². The van der Waals surface area contributed by atoms with E-state index < -0.39 is 33.7 Å². The highest BCUT2D eigenvalue weighted by Gasteiger charge is 2.32. The molecule has 0 saturated carbocycles. The number of halogens is 1. The monoisotopic (exact) mass is 312 g/mol. The summed E-state index contributed by atoms with van der Waals surface area (Å²) in [6, 6.07) is 2.97. The fourth-order valence-electron chi connectivity index (χ4n) is 1.66. The number of nitro groups is 1. The molecule has 0 aliphatic rings. The van der Waals surface area contributed by atoms with Crippen LogP contribution in [-0.2, 0) is 15.1 Å². The molecule has 0 aliphatic heterocycles. The summed E-state index contributed by atoms with van der Waals surface area (Å²) in [5, 5.41) is 12.9. The number of nitro benzene ring substituents is 1. The van der Waals surface area contributed by atoms with Gasteiger partial charge in [-0.25, -0.2) is 4.79 Å². The molecule has 1 unspecified atom stereocenters. The van der Waals surface area contributed by atoms with E-state index in [0.717, 1.165) is 12.1 Å². The first-order valence-corrected chi connectivity index (χ1v) is 6.40. The number of rotatable bonds is 4. The number of carbonyl (C=O) groups excluding carboxylic acids is 2. The molecule has 1 aromatic rings. The Morgan fingerprint density at radius 3 is 2.36 bits per heavy atom. The van der Waals surface area contributed by atoms with Crippen LogP contribution in [0.4, 0.5) is 14.9 Å². The number of hydrogen-bond acceptors (Lipinski definition) is 5. The van der Waals surface area contributed by atoms with Crippen LogP contribution in [0.1, 0.15) is 33.3 Å². The van der Waals surface area contributed by atoms with Crippen LogP contribution >= 0.6 is 0 Å². The molecule has 22 heavy (non-hydrogen) atoms. The predicted molar refractivity (Wildman–Crippen MR) is 75.8 cm³/mol. The third-order valence-corrected chi connectivity index (χ3v) is 2.74. The second-order valence-corrected chi connectivity index (χ2v) is 5.87. The highest BCUT2D eigenvalue weighted by atomic mass is 19.1. The maximum absolute atomic E-state index is 13.7. The van der Waals surface area contributed by atoms with Gasteiger partial charge in [-0.3, -0.25) is 10.1 Å². The quantitative estimate of drug-likeness (QED) is 0.523. The van der Waals surface area contributed by atoms with Gasteiger partial charge in [-0.15, -0.1) is 0 Å². The van der Waals surface area contributed by atoms with Crippen LogP contribution in [0.3, 0.4) is 0 Å². The van der Waals surface area contributed by atoms with Crippen molar-refractivity contribution < 1.29 is 23.6 Å². The minimum atomic E-state index is -1.57. The summed E-state index contributed by atoms with van der Waals surface area (Å²) >= 11 is 0. The van der Waals surface area contributed by atoms with E-state index in [1.54, 1.807) is 20.8 Å². The molecule has 1 aromatic carbocycles. The second kappa shape index (κ2) is 6.08. The van der Waals surface area contributed by atoms with Gasteiger partial charge in [-0.1, -0.05) is 0 Å². The van der Waals surface area contributed by atoms with Crippen LogP contribution in [0, 0.1) is 15.9 Å². The van der Waals surface area contributed by atoms with Crippen molar-refractivity contribution in [1.29, 1.82) is 0 Å². The number of amides is 1. The molecule has 0 fully saturated rings. The van der Waals surface area contributed by atoms with E-state index in [1.165, 1.54) is 13.0 Å². The van der Waals surface area contributed by atoms with Crippen LogP contribution in [0.5, 0.6) is 0 Å². The number of alkyl carbamates (subject to hydrolysis) is 1. The highest BCUT2D eigenvalue weighted by Crippen LogP contribution is 2.25. The molecule has 0 bridgehead atoms. The number of carbonyl (C=O) groups is 2. The van der Waals surface area contributed by atoms with E-state index in [-0.39, 0.29) is 5.56 Å². The summed E-state index contributed by atoms with van der Waals surface area (Å²) < 4.78 is 18.7. The van der Waals surface area contributed by atoms with Gasteiger partial charge in [-0.2, -0.15) is 4.39 Å². The molecule has 1 atom stereocenters. The largest absolute Gasteiger partial charge is 0.444 e. The average Bonchev–Trinajstić information content (AvgIpc) is 2.35. The van der Waals surface area contributed by atoms with Gasteiger partial charge in [0.1, 0.15) is 17.4 Å². The lowest BCUT2D eigenvalue weighted by molar-refractivity contribution is -0.387. The molecular formula is C14H17FN2O5.